The first-order chi connectivity index (χ1) is 11.3. The smallest absolute Gasteiger partial charge is 0.258 e. The van der Waals surface area contributed by atoms with Gasteiger partial charge in [0.25, 0.3) is 5.91 Å². The molecule has 2 saturated heterocycles. The number of hydrogen-bond acceptors (Lipinski definition) is 5. The number of nitrogens with one attached hydrogen (secondary N) is 1. The molecular formula is C17H24N2O4. The van der Waals surface area contributed by atoms with Gasteiger partial charge in [0, 0.05) is 38.0 Å². The molecule has 1 N–H and O–H groups in total. The van der Waals surface area contributed by atoms with Crippen LogP contribution < -0.4 is 10.1 Å². The Labute approximate surface area is 136 Å². The molecular weight excluding hydrogens is 296 g/mol. The minimum Gasteiger partial charge on any atom is -0.482 e. The van der Waals surface area contributed by atoms with Crippen LogP contribution in [0.3, 0.4) is 0 Å². The Balaban J connectivity index is 1.50. The average molecular weight is 320 g/mol. The van der Waals surface area contributed by atoms with Crippen molar-refractivity contribution in [3.8, 4) is 5.75 Å². The molecule has 1 amide bonds. The van der Waals surface area contributed by atoms with Gasteiger partial charge in [-0.1, -0.05) is 0 Å². The molecule has 2 fully saturated rings. The van der Waals surface area contributed by atoms with E-state index in [0.717, 1.165) is 39.1 Å². The van der Waals surface area contributed by atoms with Crippen molar-refractivity contribution >= 4 is 5.91 Å². The fourth-order valence-corrected chi connectivity index (χ4v) is 3.38. The van der Waals surface area contributed by atoms with E-state index < -0.39 is 0 Å². The predicted molar refractivity (Wildman–Crippen MR) is 84.1 cm³/mol. The second-order valence-electron chi connectivity index (χ2n) is 6.13. The summed E-state index contributed by atoms with van der Waals surface area (Å²) in [5.41, 5.74) is 0. The molecule has 3 heterocycles. The molecule has 0 aliphatic carbocycles. The molecule has 1 aromatic heterocycles. The van der Waals surface area contributed by atoms with Crippen LogP contribution in [0.1, 0.15) is 19.3 Å². The van der Waals surface area contributed by atoms with Gasteiger partial charge in [0.1, 0.15) is 5.75 Å². The molecule has 0 aromatic carbocycles. The highest BCUT2D eigenvalue weighted by atomic mass is 16.5. The number of hydrogen-bond donors (Lipinski definition) is 1. The number of amides is 1. The van der Waals surface area contributed by atoms with Crippen molar-refractivity contribution in [1.82, 2.24) is 10.3 Å². The molecule has 6 nitrogen and oxygen atoms in total. The molecule has 3 rings (SSSR count). The molecule has 0 bridgehead atoms. The van der Waals surface area contributed by atoms with Gasteiger partial charge in [0.15, 0.2) is 6.61 Å². The molecule has 2 aliphatic heterocycles. The SMILES string of the molecule is O=C(COc1cccnc1)N[C@H]1CCOC[C@H]1C1CCOCC1. The number of rotatable bonds is 5. The second-order valence-corrected chi connectivity index (χ2v) is 6.13. The van der Waals surface area contributed by atoms with E-state index in [1.807, 2.05) is 0 Å². The lowest BCUT2D eigenvalue weighted by molar-refractivity contribution is -0.125. The van der Waals surface area contributed by atoms with Crippen LogP contribution in [0.4, 0.5) is 0 Å². The van der Waals surface area contributed by atoms with Gasteiger partial charge in [-0.05, 0) is 37.3 Å². The van der Waals surface area contributed by atoms with E-state index in [1.54, 1.807) is 24.5 Å². The first kappa shape index (κ1) is 16.2. The summed E-state index contributed by atoms with van der Waals surface area (Å²) in [7, 11) is 0. The van der Waals surface area contributed by atoms with Crippen LogP contribution in [0.25, 0.3) is 0 Å². The standard InChI is InChI=1S/C17H24N2O4/c20-17(12-23-14-2-1-6-18-10-14)19-16-5-9-22-11-15(16)13-3-7-21-8-4-13/h1-2,6,10,13,15-16H,3-5,7-9,11-12H2,(H,19,20)/t15-,16-/m0/s1. The minimum atomic E-state index is -0.0854. The molecule has 23 heavy (non-hydrogen) atoms. The van der Waals surface area contributed by atoms with Crippen LogP contribution >= 0.6 is 0 Å². The Bertz CT molecular complexity index is 491. The molecule has 1 aromatic rings. The lowest BCUT2D eigenvalue weighted by Gasteiger charge is -2.39. The lowest BCUT2D eigenvalue weighted by atomic mass is 9.79. The maximum atomic E-state index is 12.2. The van der Waals surface area contributed by atoms with Gasteiger partial charge < -0.3 is 19.5 Å². The third-order valence-corrected chi connectivity index (χ3v) is 4.62. The monoisotopic (exact) mass is 320 g/mol. The first-order valence-corrected chi connectivity index (χ1v) is 8.30. The van der Waals surface area contributed by atoms with E-state index in [-0.39, 0.29) is 18.6 Å². The number of nitrogens with zero attached hydrogens (tertiary/aromatic N) is 1. The highest BCUT2D eigenvalue weighted by Crippen LogP contribution is 2.30. The Morgan fingerprint density at radius 1 is 1.26 bits per heavy atom. The van der Waals surface area contributed by atoms with Crippen molar-refractivity contribution in [3.63, 3.8) is 0 Å². The van der Waals surface area contributed by atoms with Gasteiger partial charge in [0.05, 0.1) is 12.8 Å². The zero-order valence-electron chi connectivity index (χ0n) is 13.3. The van der Waals surface area contributed by atoms with E-state index in [2.05, 4.69) is 10.3 Å². The van der Waals surface area contributed by atoms with Crippen LogP contribution in [0, 0.1) is 11.8 Å². The van der Waals surface area contributed by atoms with Crippen molar-refractivity contribution < 1.29 is 19.0 Å². The molecule has 0 saturated carbocycles. The van der Waals surface area contributed by atoms with Crippen molar-refractivity contribution in [1.29, 1.82) is 0 Å². The van der Waals surface area contributed by atoms with Crippen molar-refractivity contribution in [2.24, 2.45) is 11.8 Å². The molecule has 6 heteroatoms. The summed E-state index contributed by atoms with van der Waals surface area (Å²) in [6.07, 6.45) is 6.24. The Morgan fingerprint density at radius 2 is 2.09 bits per heavy atom. The molecule has 0 unspecified atom stereocenters. The van der Waals surface area contributed by atoms with Crippen LogP contribution in [0.15, 0.2) is 24.5 Å². The summed E-state index contributed by atoms with van der Waals surface area (Å²) in [6.45, 7) is 3.06. The second kappa shape index (κ2) is 8.26. The van der Waals surface area contributed by atoms with Gasteiger partial charge in [-0.25, -0.2) is 0 Å². The Hall–Kier alpha value is -1.66. The summed E-state index contributed by atoms with van der Waals surface area (Å²) in [6, 6.07) is 3.74. The van der Waals surface area contributed by atoms with Crippen molar-refractivity contribution in [2.75, 3.05) is 33.0 Å². The van der Waals surface area contributed by atoms with E-state index in [0.29, 0.717) is 24.2 Å². The Morgan fingerprint density at radius 3 is 2.87 bits per heavy atom. The quantitative estimate of drug-likeness (QED) is 0.888. The third-order valence-electron chi connectivity index (χ3n) is 4.62. The number of ether oxygens (including phenoxy) is 3. The largest absolute Gasteiger partial charge is 0.482 e. The van der Waals surface area contributed by atoms with E-state index >= 15 is 0 Å². The first-order valence-electron chi connectivity index (χ1n) is 8.30. The van der Waals surface area contributed by atoms with Crippen LogP contribution in [0.5, 0.6) is 5.75 Å². The fraction of sp³-hybridized carbons (Fsp3) is 0.647. The number of aromatic nitrogens is 1. The summed E-state index contributed by atoms with van der Waals surface area (Å²) in [5, 5.41) is 3.13. The Kier molecular flexibility index (Phi) is 5.82. The zero-order valence-corrected chi connectivity index (χ0v) is 13.3. The van der Waals surface area contributed by atoms with E-state index in [1.165, 1.54) is 0 Å². The van der Waals surface area contributed by atoms with Gasteiger partial charge in [-0.2, -0.15) is 0 Å². The van der Waals surface area contributed by atoms with Crippen molar-refractivity contribution in [2.45, 2.75) is 25.3 Å². The average Bonchev–Trinajstić information content (AvgIpc) is 2.62. The molecule has 0 radical (unpaired) electrons. The van der Waals surface area contributed by atoms with Crippen LogP contribution in [0.2, 0.25) is 0 Å². The maximum absolute atomic E-state index is 12.2. The normalized spacial score (nSPS) is 25.7. The molecule has 2 atom stereocenters. The number of carbonyl (C=O) groups excluding carboxylic acids is 1. The predicted octanol–water partition coefficient (Wildman–Crippen LogP) is 1.41. The number of carbonyl (C=O) groups is 1. The van der Waals surface area contributed by atoms with Crippen LogP contribution in [-0.4, -0.2) is 50.0 Å². The topological polar surface area (TPSA) is 69.7 Å². The lowest BCUT2D eigenvalue weighted by Crippen LogP contribution is -2.50. The third kappa shape index (κ3) is 4.65. The van der Waals surface area contributed by atoms with E-state index in [4.69, 9.17) is 14.2 Å². The summed E-state index contributed by atoms with van der Waals surface area (Å²) in [5.74, 6) is 1.46. The summed E-state index contributed by atoms with van der Waals surface area (Å²) < 4.78 is 16.5. The maximum Gasteiger partial charge on any atom is 0.258 e. The summed E-state index contributed by atoms with van der Waals surface area (Å²) >= 11 is 0. The van der Waals surface area contributed by atoms with Gasteiger partial charge in [-0.15, -0.1) is 0 Å². The van der Waals surface area contributed by atoms with Gasteiger partial charge in [0.2, 0.25) is 0 Å². The van der Waals surface area contributed by atoms with Gasteiger partial charge in [-0.3, -0.25) is 9.78 Å². The summed E-state index contributed by atoms with van der Waals surface area (Å²) in [4.78, 5) is 16.2. The van der Waals surface area contributed by atoms with Crippen LogP contribution in [-0.2, 0) is 14.3 Å². The van der Waals surface area contributed by atoms with E-state index in [9.17, 15) is 4.79 Å². The number of pyridine rings is 1. The highest BCUT2D eigenvalue weighted by molar-refractivity contribution is 5.77. The fourth-order valence-electron chi connectivity index (χ4n) is 3.38. The van der Waals surface area contributed by atoms with Gasteiger partial charge >= 0.3 is 0 Å². The minimum absolute atomic E-state index is 0.0174. The molecule has 2 aliphatic rings. The molecule has 126 valence electrons. The molecule has 0 spiro atoms. The zero-order chi connectivity index (χ0) is 15.9. The van der Waals surface area contributed by atoms with Crippen molar-refractivity contribution in [3.05, 3.63) is 24.5 Å². The highest BCUT2D eigenvalue weighted by Gasteiger charge is 2.34.